The highest BCUT2D eigenvalue weighted by atomic mass is 79.9. The molecule has 0 heterocycles. The Morgan fingerprint density at radius 2 is 2.05 bits per heavy atom. The van der Waals surface area contributed by atoms with Crippen molar-refractivity contribution in [1.82, 2.24) is 4.90 Å². The number of halogens is 1. The normalized spacial score (nSPS) is 18.1. The summed E-state index contributed by atoms with van der Waals surface area (Å²) in [6.45, 7) is 4.68. The Hall–Kier alpha value is -1.09. The Balaban J connectivity index is 2.35. The summed E-state index contributed by atoms with van der Waals surface area (Å²) in [5, 5.41) is 0. The standard InChI is InChI=1S/C17H23BrN2/c1-17(2)9-7-13(8-10-17)15-11-14(18)5-6-16(15)19-12-20(3)4/h5-7,11-12H,8-10H2,1-4H3. The average molecular weight is 335 g/mol. The van der Waals surface area contributed by atoms with Crippen molar-refractivity contribution in [2.45, 2.75) is 33.1 Å². The van der Waals surface area contributed by atoms with Crippen LogP contribution in [0.25, 0.3) is 5.57 Å². The van der Waals surface area contributed by atoms with Crippen LogP contribution in [0.5, 0.6) is 0 Å². The first-order chi connectivity index (χ1) is 9.37. The molecule has 1 aliphatic rings. The molecule has 20 heavy (non-hydrogen) atoms. The van der Waals surface area contributed by atoms with Gasteiger partial charge in [-0.1, -0.05) is 35.9 Å². The van der Waals surface area contributed by atoms with E-state index < -0.39 is 0 Å². The zero-order valence-corrected chi connectivity index (χ0v) is 14.4. The van der Waals surface area contributed by atoms with Crippen LogP contribution in [0.2, 0.25) is 0 Å². The van der Waals surface area contributed by atoms with Crippen LogP contribution in [0.3, 0.4) is 0 Å². The monoisotopic (exact) mass is 334 g/mol. The van der Waals surface area contributed by atoms with Crippen molar-refractivity contribution >= 4 is 33.5 Å². The summed E-state index contributed by atoms with van der Waals surface area (Å²) in [4.78, 5) is 6.56. The molecule has 0 aromatic heterocycles. The highest BCUT2D eigenvalue weighted by Gasteiger charge is 2.22. The molecule has 1 aromatic carbocycles. The average Bonchev–Trinajstić information content (AvgIpc) is 2.37. The van der Waals surface area contributed by atoms with Crippen molar-refractivity contribution in [2.75, 3.05) is 14.1 Å². The van der Waals surface area contributed by atoms with Crippen molar-refractivity contribution in [3.05, 3.63) is 34.3 Å². The summed E-state index contributed by atoms with van der Waals surface area (Å²) in [6.07, 6.45) is 7.77. The number of rotatable bonds is 3. The highest BCUT2D eigenvalue weighted by molar-refractivity contribution is 9.10. The smallest absolute Gasteiger partial charge is 0.0907 e. The number of benzene rings is 1. The molecule has 2 nitrogen and oxygen atoms in total. The molecule has 1 aromatic rings. The molecule has 3 heteroatoms. The zero-order valence-electron chi connectivity index (χ0n) is 12.8. The molecule has 0 spiro atoms. The molecule has 0 aliphatic heterocycles. The van der Waals surface area contributed by atoms with Crippen molar-refractivity contribution < 1.29 is 0 Å². The number of hydrogen-bond donors (Lipinski definition) is 0. The third-order valence-electron chi connectivity index (χ3n) is 3.70. The third kappa shape index (κ3) is 3.95. The lowest BCUT2D eigenvalue weighted by atomic mass is 9.77. The van der Waals surface area contributed by atoms with E-state index in [-0.39, 0.29) is 0 Å². The third-order valence-corrected chi connectivity index (χ3v) is 4.20. The Labute approximate surface area is 130 Å². The Bertz CT molecular complexity index is 542. The first-order valence-electron chi connectivity index (χ1n) is 7.07. The largest absolute Gasteiger partial charge is 0.369 e. The predicted molar refractivity (Wildman–Crippen MR) is 91.6 cm³/mol. The number of hydrogen-bond acceptors (Lipinski definition) is 1. The SMILES string of the molecule is CN(C)C=Nc1ccc(Br)cc1C1=CCC(C)(C)CC1. The maximum Gasteiger partial charge on any atom is 0.0907 e. The molecule has 0 radical (unpaired) electrons. The van der Waals surface area contributed by atoms with Crippen molar-refractivity contribution in [3.8, 4) is 0 Å². The number of allylic oxidation sites excluding steroid dienone is 2. The molecule has 108 valence electrons. The van der Waals surface area contributed by atoms with E-state index in [9.17, 15) is 0 Å². The summed E-state index contributed by atoms with van der Waals surface area (Å²) >= 11 is 3.58. The minimum absolute atomic E-state index is 0.433. The van der Waals surface area contributed by atoms with Crippen LogP contribution in [0.1, 0.15) is 38.7 Å². The maximum atomic E-state index is 4.60. The molecular formula is C17H23BrN2. The van der Waals surface area contributed by atoms with E-state index in [4.69, 9.17) is 0 Å². The van der Waals surface area contributed by atoms with Gasteiger partial charge in [-0.3, -0.25) is 0 Å². The second-order valence-electron chi connectivity index (χ2n) is 6.47. The van der Waals surface area contributed by atoms with Gasteiger partial charge in [0.1, 0.15) is 0 Å². The molecule has 0 unspecified atom stereocenters. The molecular weight excluding hydrogens is 312 g/mol. The Kier molecular flexibility index (Phi) is 4.69. The summed E-state index contributed by atoms with van der Waals surface area (Å²) in [7, 11) is 3.98. The van der Waals surface area contributed by atoms with Gasteiger partial charge >= 0.3 is 0 Å². The first kappa shape index (κ1) is 15.3. The Morgan fingerprint density at radius 3 is 2.65 bits per heavy atom. The van der Waals surface area contributed by atoms with E-state index in [2.05, 4.69) is 59.0 Å². The van der Waals surface area contributed by atoms with Gasteiger partial charge < -0.3 is 4.90 Å². The van der Waals surface area contributed by atoms with Crippen LogP contribution >= 0.6 is 15.9 Å². The lowest BCUT2D eigenvalue weighted by Crippen LogP contribution is -2.14. The Morgan fingerprint density at radius 1 is 1.30 bits per heavy atom. The molecule has 0 bridgehead atoms. The van der Waals surface area contributed by atoms with Gasteiger partial charge in [0.25, 0.3) is 0 Å². The van der Waals surface area contributed by atoms with Crippen LogP contribution in [-0.4, -0.2) is 25.3 Å². The van der Waals surface area contributed by atoms with E-state index in [1.807, 2.05) is 25.3 Å². The first-order valence-corrected chi connectivity index (χ1v) is 7.86. The van der Waals surface area contributed by atoms with Gasteiger partial charge in [-0.25, -0.2) is 4.99 Å². The molecule has 0 atom stereocenters. The van der Waals surface area contributed by atoms with Gasteiger partial charge in [0.15, 0.2) is 0 Å². The summed E-state index contributed by atoms with van der Waals surface area (Å²) in [5.41, 5.74) is 4.17. The molecule has 0 amide bonds. The number of nitrogens with zero attached hydrogens (tertiary/aromatic N) is 2. The lowest BCUT2D eigenvalue weighted by Gasteiger charge is -2.29. The fourth-order valence-electron chi connectivity index (χ4n) is 2.38. The molecule has 0 N–H and O–H groups in total. The van der Waals surface area contributed by atoms with Gasteiger partial charge in [0.05, 0.1) is 12.0 Å². The molecule has 0 saturated heterocycles. The van der Waals surface area contributed by atoms with Gasteiger partial charge in [0.2, 0.25) is 0 Å². The van der Waals surface area contributed by atoms with Crippen LogP contribution in [-0.2, 0) is 0 Å². The summed E-state index contributed by atoms with van der Waals surface area (Å²) < 4.78 is 1.11. The van der Waals surface area contributed by atoms with E-state index in [0.717, 1.165) is 23.0 Å². The van der Waals surface area contributed by atoms with E-state index in [0.29, 0.717) is 5.41 Å². The van der Waals surface area contributed by atoms with E-state index in [1.54, 1.807) is 0 Å². The van der Waals surface area contributed by atoms with Crippen LogP contribution in [0.4, 0.5) is 5.69 Å². The van der Waals surface area contributed by atoms with Crippen molar-refractivity contribution in [1.29, 1.82) is 0 Å². The maximum absolute atomic E-state index is 4.60. The van der Waals surface area contributed by atoms with E-state index in [1.165, 1.54) is 17.6 Å². The van der Waals surface area contributed by atoms with Gasteiger partial charge in [-0.05, 0) is 48.4 Å². The lowest BCUT2D eigenvalue weighted by molar-refractivity contribution is 0.335. The fraction of sp³-hybridized carbons (Fsp3) is 0.471. The highest BCUT2D eigenvalue weighted by Crippen LogP contribution is 2.41. The molecule has 2 rings (SSSR count). The minimum Gasteiger partial charge on any atom is -0.369 e. The topological polar surface area (TPSA) is 15.6 Å². The van der Waals surface area contributed by atoms with E-state index >= 15 is 0 Å². The molecule has 0 saturated carbocycles. The quantitative estimate of drug-likeness (QED) is 0.543. The van der Waals surface area contributed by atoms with Gasteiger partial charge in [-0.2, -0.15) is 0 Å². The van der Waals surface area contributed by atoms with Crippen LogP contribution < -0.4 is 0 Å². The summed E-state index contributed by atoms with van der Waals surface area (Å²) in [5.74, 6) is 0. The van der Waals surface area contributed by atoms with Crippen molar-refractivity contribution in [2.24, 2.45) is 10.4 Å². The second kappa shape index (κ2) is 6.13. The van der Waals surface area contributed by atoms with Crippen LogP contribution in [0, 0.1) is 5.41 Å². The number of aliphatic imine (C=N–C) groups is 1. The fourth-order valence-corrected chi connectivity index (χ4v) is 2.74. The van der Waals surface area contributed by atoms with Crippen molar-refractivity contribution in [3.63, 3.8) is 0 Å². The molecule has 0 fully saturated rings. The van der Waals surface area contributed by atoms with Gasteiger partial charge in [-0.15, -0.1) is 0 Å². The zero-order chi connectivity index (χ0) is 14.8. The predicted octanol–water partition coefficient (Wildman–Crippen LogP) is 5.26. The van der Waals surface area contributed by atoms with Crippen LogP contribution in [0.15, 0.2) is 33.7 Å². The molecule has 1 aliphatic carbocycles. The second-order valence-corrected chi connectivity index (χ2v) is 7.38. The minimum atomic E-state index is 0.433. The van der Waals surface area contributed by atoms with Gasteiger partial charge in [0, 0.05) is 24.1 Å². The summed E-state index contributed by atoms with van der Waals surface area (Å²) in [6, 6.07) is 6.33.